The van der Waals surface area contributed by atoms with Gasteiger partial charge in [-0.25, -0.2) is 4.98 Å². The Balaban J connectivity index is 2.06. The van der Waals surface area contributed by atoms with Crippen LogP contribution in [0.3, 0.4) is 0 Å². The van der Waals surface area contributed by atoms with Crippen LogP contribution in [0.15, 0.2) is 52.9 Å². The summed E-state index contributed by atoms with van der Waals surface area (Å²) in [4.78, 5) is 30.4. The molecule has 1 amide bonds. The van der Waals surface area contributed by atoms with Gasteiger partial charge in [0.1, 0.15) is 0 Å². The molecule has 1 heterocycles. The summed E-state index contributed by atoms with van der Waals surface area (Å²) in [6.07, 6.45) is 0. The van der Waals surface area contributed by atoms with Crippen molar-refractivity contribution in [1.29, 1.82) is 0 Å². The number of hydrogen-bond donors (Lipinski definition) is 1. The monoisotopic (exact) mass is 436 g/mol. The van der Waals surface area contributed by atoms with E-state index in [-0.39, 0.29) is 34.0 Å². The number of nitro groups is 1. The fraction of sp³-hybridized carbons (Fsp3) is 0.333. The second kappa shape index (κ2) is 9.32. The molecule has 0 spiro atoms. The van der Waals surface area contributed by atoms with Gasteiger partial charge in [0.05, 0.1) is 10.5 Å². The van der Waals surface area contributed by atoms with Gasteiger partial charge >= 0.3 is 0 Å². The first-order valence-corrected chi connectivity index (χ1v) is 10.4. The number of hydrogen-bond acceptors (Lipinski definition) is 6. The predicted molar refractivity (Wildman–Crippen MR) is 124 cm³/mol. The molecule has 0 aliphatic heterocycles. The largest absolute Gasteiger partial charge is 0.435 e. The summed E-state index contributed by atoms with van der Waals surface area (Å²) in [5.74, 6) is -0.132. The third kappa shape index (κ3) is 5.20. The van der Waals surface area contributed by atoms with Crippen molar-refractivity contribution in [3.8, 4) is 22.8 Å². The van der Waals surface area contributed by atoms with Crippen LogP contribution in [0.2, 0.25) is 0 Å². The van der Waals surface area contributed by atoms with Crippen LogP contribution in [0, 0.1) is 10.1 Å². The highest BCUT2D eigenvalue weighted by Gasteiger charge is 2.27. The van der Waals surface area contributed by atoms with E-state index in [9.17, 15) is 14.9 Å². The molecule has 8 heteroatoms. The smallest absolute Gasteiger partial charge is 0.280 e. The number of amides is 1. The molecule has 3 aromatic rings. The summed E-state index contributed by atoms with van der Waals surface area (Å²) in [7, 11) is 3.81. The Morgan fingerprint density at radius 1 is 1.12 bits per heavy atom. The van der Waals surface area contributed by atoms with E-state index in [1.54, 1.807) is 18.2 Å². The van der Waals surface area contributed by atoms with Gasteiger partial charge in [-0.1, -0.05) is 45.0 Å². The van der Waals surface area contributed by atoms with E-state index in [1.807, 2.05) is 43.3 Å². The Morgan fingerprint density at radius 3 is 2.38 bits per heavy atom. The molecule has 0 unspecified atom stereocenters. The lowest BCUT2D eigenvalue weighted by molar-refractivity contribution is -0.384. The van der Waals surface area contributed by atoms with Crippen molar-refractivity contribution in [2.24, 2.45) is 0 Å². The molecule has 2 aromatic carbocycles. The second-order valence-corrected chi connectivity index (χ2v) is 8.86. The number of nitrogens with one attached hydrogen (secondary N) is 1. The number of aromatic nitrogens is 1. The van der Waals surface area contributed by atoms with Crippen molar-refractivity contribution >= 4 is 11.6 Å². The van der Waals surface area contributed by atoms with Crippen LogP contribution in [0.25, 0.3) is 22.8 Å². The minimum atomic E-state index is -0.497. The topological polar surface area (TPSA) is 102 Å². The van der Waals surface area contributed by atoms with Crippen LogP contribution in [0.4, 0.5) is 5.69 Å². The van der Waals surface area contributed by atoms with Gasteiger partial charge in [-0.15, -0.1) is 0 Å². The molecule has 3 rings (SSSR count). The maximum atomic E-state index is 12.9. The van der Waals surface area contributed by atoms with Crippen molar-refractivity contribution in [3.63, 3.8) is 0 Å². The van der Waals surface area contributed by atoms with E-state index in [2.05, 4.69) is 31.1 Å². The fourth-order valence-electron chi connectivity index (χ4n) is 3.19. The molecule has 0 radical (unpaired) electrons. The predicted octanol–water partition coefficient (Wildman–Crippen LogP) is 4.51. The van der Waals surface area contributed by atoms with E-state index in [1.165, 1.54) is 6.07 Å². The number of nitro benzene ring substituents is 1. The lowest BCUT2D eigenvalue weighted by Gasteiger charge is -2.18. The highest BCUT2D eigenvalue weighted by atomic mass is 16.6. The van der Waals surface area contributed by atoms with Crippen molar-refractivity contribution in [2.75, 3.05) is 27.2 Å². The van der Waals surface area contributed by atoms with Crippen molar-refractivity contribution < 1.29 is 14.1 Å². The molecule has 168 valence electrons. The maximum Gasteiger partial charge on any atom is 0.280 e. The first-order chi connectivity index (χ1) is 15.1. The number of benzene rings is 2. The summed E-state index contributed by atoms with van der Waals surface area (Å²) in [5.41, 5.74) is 1.90. The van der Waals surface area contributed by atoms with Gasteiger partial charge in [0.2, 0.25) is 5.89 Å². The quantitative estimate of drug-likeness (QED) is 0.432. The molecular weight excluding hydrogens is 408 g/mol. The molecule has 1 N–H and O–H groups in total. The third-order valence-electron chi connectivity index (χ3n) is 5.03. The lowest BCUT2D eigenvalue weighted by atomic mass is 9.87. The molecule has 0 fully saturated rings. The van der Waals surface area contributed by atoms with Crippen molar-refractivity contribution in [1.82, 2.24) is 15.2 Å². The van der Waals surface area contributed by atoms with Crippen LogP contribution >= 0.6 is 0 Å². The molecule has 0 aliphatic carbocycles. The summed E-state index contributed by atoms with van der Waals surface area (Å²) < 4.78 is 5.96. The molecule has 8 nitrogen and oxygen atoms in total. The number of oxazole rings is 1. The van der Waals surface area contributed by atoms with Crippen molar-refractivity contribution in [3.05, 3.63) is 69.9 Å². The highest BCUT2D eigenvalue weighted by molar-refractivity contribution is 5.99. The van der Waals surface area contributed by atoms with E-state index in [0.29, 0.717) is 18.7 Å². The number of rotatable bonds is 7. The first kappa shape index (κ1) is 23.1. The Morgan fingerprint density at radius 2 is 1.78 bits per heavy atom. The van der Waals surface area contributed by atoms with Gasteiger partial charge in [0.25, 0.3) is 11.6 Å². The SMILES string of the molecule is CN(C)CCNC(=O)c1nc(-c2ccc(C(C)(C)C)cc2)oc1-c1ccccc1[N+](=O)[O-]. The normalized spacial score (nSPS) is 11.6. The third-order valence-corrected chi connectivity index (χ3v) is 5.03. The average molecular weight is 437 g/mol. The molecule has 0 saturated carbocycles. The number of carbonyl (C=O) groups is 1. The molecule has 0 bridgehead atoms. The van der Waals surface area contributed by atoms with Crippen molar-refractivity contribution in [2.45, 2.75) is 26.2 Å². The summed E-state index contributed by atoms with van der Waals surface area (Å²) in [6.45, 7) is 7.41. The van der Waals surface area contributed by atoms with E-state index >= 15 is 0 Å². The molecule has 0 aliphatic rings. The summed E-state index contributed by atoms with van der Waals surface area (Å²) in [6, 6.07) is 13.9. The first-order valence-electron chi connectivity index (χ1n) is 10.4. The number of likely N-dealkylation sites (N-methyl/N-ethyl adjacent to an activating group) is 1. The lowest BCUT2D eigenvalue weighted by Crippen LogP contribution is -2.31. The van der Waals surface area contributed by atoms with Gasteiger partial charge in [-0.3, -0.25) is 14.9 Å². The molecule has 0 atom stereocenters. The second-order valence-electron chi connectivity index (χ2n) is 8.86. The van der Waals surface area contributed by atoms with Crippen LogP contribution in [-0.4, -0.2) is 47.9 Å². The fourth-order valence-corrected chi connectivity index (χ4v) is 3.19. The summed E-state index contributed by atoms with van der Waals surface area (Å²) in [5, 5.41) is 14.4. The Hall–Kier alpha value is -3.52. The minimum Gasteiger partial charge on any atom is -0.435 e. The van der Waals surface area contributed by atoms with Crippen LogP contribution in [0.5, 0.6) is 0 Å². The van der Waals surface area contributed by atoms with Crippen LogP contribution < -0.4 is 5.32 Å². The summed E-state index contributed by atoms with van der Waals surface area (Å²) >= 11 is 0. The zero-order valence-corrected chi connectivity index (χ0v) is 19.0. The van der Waals surface area contributed by atoms with E-state index in [0.717, 1.165) is 5.56 Å². The van der Waals surface area contributed by atoms with Crippen LogP contribution in [0.1, 0.15) is 36.8 Å². The Labute approximate surface area is 187 Å². The minimum absolute atomic E-state index is 0.0115. The maximum absolute atomic E-state index is 12.9. The van der Waals surface area contributed by atoms with Gasteiger partial charge in [-0.05, 0) is 43.3 Å². The molecular formula is C24H28N4O4. The van der Waals surface area contributed by atoms with E-state index < -0.39 is 10.8 Å². The Bertz CT molecular complexity index is 1110. The molecule has 1 aromatic heterocycles. The van der Waals surface area contributed by atoms with Gasteiger partial charge < -0.3 is 14.6 Å². The number of nitrogens with zero attached hydrogens (tertiary/aromatic N) is 3. The zero-order chi connectivity index (χ0) is 23.5. The number of carbonyl (C=O) groups excluding carboxylic acids is 1. The average Bonchev–Trinajstić information content (AvgIpc) is 3.18. The zero-order valence-electron chi connectivity index (χ0n) is 19.0. The molecule has 32 heavy (non-hydrogen) atoms. The van der Waals surface area contributed by atoms with Gasteiger partial charge in [0, 0.05) is 24.7 Å². The highest BCUT2D eigenvalue weighted by Crippen LogP contribution is 2.35. The molecule has 0 saturated heterocycles. The van der Waals surface area contributed by atoms with Gasteiger partial charge in [-0.2, -0.15) is 0 Å². The number of para-hydroxylation sites is 1. The Kier molecular flexibility index (Phi) is 6.74. The van der Waals surface area contributed by atoms with Crippen LogP contribution in [-0.2, 0) is 5.41 Å². The van der Waals surface area contributed by atoms with Gasteiger partial charge in [0.15, 0.2) is 11.5 Å². The standard InChI is InChI=1S/C24H28N4O4/c1-24(2,3)17-12-10-16(11-13-17)23-26-20(22(29)25-14-15-27(4)5)21(32-23)18-8-6-7-9-19(18)28(30)31/h6-13H,14-15H2,1-5H3,(H,25,29). The van der Waals surface area contributed by atoms with E-state index in [4.69, 9.17) is 4.42 Å².